The Morgan fingerprint density at radius 3 is 2.74 bits per heavy atom. The summed E-state index contributed by atoms with van der Waals surface area (Å²) in [6.07, 6.45) is 2.39. The second-order valence-corrected chi connectivity index (χ2v) is 6.13. The molecule has 0 aliphatic carbocycles. The zero-order chi connectivity index (χ0) is 13.8. The molecule has 19 heavy (non-hydrogen) atoms. The van der Waals surface area contributed by atoms with Crippen LogP contribution in [-0.4, -0.2) is 25.5 Å². The van der Waals surface area contributed by atoms with Crippen molar-refractivity contribution in [1.82, 2.24) is 0 Å². The lowest BCUT2D eigenvalue weighted by Gasteiger charge is -2.26. The molecule has 1 aromatic rings. The largest absolute Gasteiger partial charge is 0.327 e. The minimum absolute atomic E-state index is 0.00582. The van der Waals surface area contributed by atoms with Crippen LogP contribution >= 0.6 is 23.2 Å². The van der Waals surface area contributed by atoms with Crippen LogP contribution in [0.15, 0.2) is 18.2 Å². The van der Waals surface area contributed by atoms with Gasteiger partial charge >= 0.3 is 0 Å². The van der Waals surface area contributed by atoms with Crippen molar-refractivity contribution in [3.05, 3.63) is 28.2 Å². The lowest BCUT2D eigenvalue weighted by molar-refractivity contribution is -0.897. The number of hydrogen-bond acceptors (Lipinski definition) is 1. The van der Waals surface area contributed by atoms with Crippen LogP contribution in [0.3, 0.4) is 0 Å². The standard InChI is InChI=1S/C14H18Cl2N2O/c1-10-4-6-18(7-5-10)9-14(19)17-13-8-11(15)2-3-12(13)16/h2-3,8,10H,4-7,9H2,1H3,(H,17,19)/p+1. The molecule has 0 atom stereocenters. The van der Waals surface area contributed by atoms with Crippen molar-refractivity contribution in [2.24, 2.45) is 5.92 Å². The van der Waals surface area contributed by atoms with E-state index in [-0.39, 0.29) is 5.91 Å². The lowest BCUT2D eigenvalue weighted by Crippen LogP contribution is -3.14. The first-order valence-corrected chi connectivity index (χ1v) is 7.38. The van der Waals surface area contributed by atoms with Crippen LogP contribution in [0.25, 0.3) is 0 Å². The average molecular weight is 302 g/mol. The van der Waals surface area contributed by atoms with Gasteiger partial charge in [0.2, 0.25) is 0 Å². The van der Waals surface area contributed by atoms with E-state index in [9.17, 15) is 4.79 Å². The second kappa shape index (κ2) is 6.60. The quantitative estimate of drug-likeness (QED) is 0.882. The van der Waals surface area contributed by atoms with E-state index in [0.717, 1.165) is 19.0 Å². The van der Waals surface area contributed by atoms with Gasteiger partial charge in [-0.2, -0.15) is 0 Å². The van der Waals surface area contributed by atoms with Gasteiger partial charge in [0.15, 0.2) is 6.54 Å². The number of halogens is 2. The Morgan fingerprint density at radius 1 is 1.37 bits per heavy atom. The summed E-state index contributed by atoms with van der Waals surface area (Å²) in [4.78, 5) is 13.3. The van der Waals surface area contributed by atoms with Crippen LogP contribution < -0.4 is 10.2 Å². The molecule has 1 amide bonds. The fraction of sp³-hybridized carbons (Fsp3) is 0.500. The first kappa shape index (κ1) is 14.6. The topological polar surface area (TPSA) is 33.5 Å². The SMILES string of the molecule is CC1CC[NH+](CC(=O)Nc2cc(Cl)ccc2Cl)CC1. The predicted octanol–water partition coefficient (Wildman–Crippen LogP) is 2.25. The van der Waals surface area contributed by atoms with Gasteiger partial charge in [0.1, 0.15) is 0 Å². The normalized spacial score (nSPS) is 23.1. The maximum absolute atomic E-state index is 12.0. The van der Waals surface area contributed by atoms with Crippen LogP contribution in [0.5, 0.6) is 0 Å². The third-order valence-electron chi connectivity index (χ3n) is 3.59. The molecular formula is C14H19Cl2N2O+. The highest BCUT2D eigenvalue weighted by atomic mass is 35.5. The molecule has 0 spiro atoms. The van der Waals surface area contributed by atoms with Crippen molar-refractivity contribution in [3.63, 3.8) is 0 Å². The molecule has 1 fully saturated rings. The van der Waals surface area contributed by atoms with E-state index in [1.54, 1.807) is 18.2 Å². The molecule has 3 nitrogen and oxygen atoms in total. The number of amides is 1. The Morgan fingerprint density at radius 2 is 2.05 bits per heavy atom. The highest BCUT2D eigenvalue weighted by molar-refractivity contribution is 6.35. The van der Waals surface area contributed by atoms with Crippen molar-refractivity contribution < 1.29 is 9.69 Å². The number of nitrogens with one attached hydrogen (secondary N) is 2. The molecule has 2 rings (SSSR count). The smallest absolute Gasteiger partial charge is 0.279 e. The van der Waals surface area contributed by atoms with E-state index in [1.807, 2.05) is 0 Å². The average Bonchev–Trinajstić information content (AvgIpc) is 2.37. The highest BCUT2D eigenvalue weighted by Crippen LogP contribution is 2.25. The predicted molar refractivity (Wildman–Crippen MR) is 79.1 cm³/mol. The number of hydrogen-bond donors (Lipinski definition) is 2. The van der Waals surface area contributed by atoms with Crippen molar-refractivity contribution in [2.45, 2.75) is 19.8 Å². The van der Waals surface area contributed by atoms with Crippen LogP contribution in [0.4, 0.5) is 5.69 Å². The Labute approximate surface area is 123 Å². The monoisotopic (exact) mass is 301 g/mol. The van der Waals surface area contributed by atoms with E-state index in [4.69, 9.17) is 23.2 Å². The summed E-state index contributed by atoms with van der Waals surface area (Å²) < 4.78 is 0. The zero-order valence-electron chi connectivity index (χ0n) is 11.0. The summed E-state index contributed by atoms with van der Waals surface area (Å²) in [6, 6.07) is 5.07. The highest BCUT2D eigenvalue weighted by Gasteiger charge is 2.21. The van der Waals surface area contributed by atoms with Gasteiger partial charge in [0.25, 0.3) is 5.91 Å². The number of carbonyl (C=O) groups is 1. The van der Waals surface area contributed by atoms with Gasteiger partial charge in [-0.15, -0.1) is 0 Å². The molecule has 0 aromatic heterocycles. The first-order valence-electron chi connectivity index (χ1n) is 6.63. The Hall–Kier alpha value is -0.770. The minimum Gasteiger partial charge on any atom is -0.327 e. The summed E-state index contributed by atoms with van der Waals surface area (Å²) in [7, 11) is 0. The van der Waals surface area contributed by atoms with Gasteiger partial charge < -0.3 is 10.2 Å². The van der Waals surface area contributed by atoms with Crippen molar-refractivity contribution in [1.29, 1.82) is 0 Å². The molecule has 0 unspecified atom stereocenters. The Bertz CT molecular complexity index is 457. The van der Waals surface area contributed by atoms with Crippen LogP contribution in [0.2, 0.25) is 10.0 Å². The van der Waals surface area contributed by atoms with E-state index in [0.29, 0.717) is 22.3 Å². The molecule has 5 heteroatoms. The van der Waals surface area contributed by atoms with Gasteiger partial charge in [-0.1, -0.05) is 30.1 Å². The van der Waals surface area contributed by atoms with E-state index < -0.39 is 0 Å². The van der Waals surface area contributed by atoms with Gasteiger partial charge in [0.05, 0.1) is 23.8 Å². The van der Waals surface area contributed by atoms with Crippen LogP contribution in [0, 0.1) is 5.92 Å². The van der Waals surface area contributed by atoms with E-state index in [1.165, 1.54) is 17.7 Å². The Balaban J connectivity index is 1.89. The molecule has 0 radical (unpaired) electrons. The number of quaternary nitrogens is 1. The fourth-order valence-electron chi connectivity index (χ4n) is 2.36. The molecule has 1 aromatic carbocycles. The molecule has 0 saturated carbocycles. The maximum atomic E-state index is 12.0. The lowest BCUT2D eigenvalue weighted by atomic mass is 9.99. The molecule has 1 aliphatic rings. The van der Waals surface area contributed by atoms with Crippen molar-refractivity contribution >= 4 is 34.8 Å². The molecule has 1 saturated heterocycles. The number of anilines is 1. The van der Waals surface area contributed by atoms with Gasteiger partial charge in [-0.25, -0.2) is 0 Å². The molecule has 1 heterocycles. The molecule has 104 valence electrons. The van der Waals surface area contributed by atoms with Gasteiger partial charge in [0, 0.05) is 5.02 Å². The molecular weight excluding hydrogens is 283 g/mol. The third kappa shape index (κ3) is 4.37. The third-order valence-corrected chi connectivity index (χ3v) is 4.16. The summed E-state index contributed by atoms with van der Waals surface area (Å²) in [5.41, 5.74) is 0.587. The second-order valence-electron chi connectivity index (χ2n) is 5.28. The number of rotatable bonds is 3. The summed E-state index contributed by atoms with van der Waals surface area (Å²) >= 11 is 11.9. The minimum atomic E-state index is -0.00582. The van der Waals surface area contributed by atoms with Gasteiger partial charge in [-0.3, -0.25) is 4.79 Å². The first-order chi connectivity index (χ1) is 9.04. The number of piperidine rings is 1. The van der Waals surface area contributed by atoms with Crippen LogP contribution in [0.1, 0.15) is 19.8 Å². The number of carbonyl (C=O) groups excluding carboxylic acids is 1. The van der Waals surface area contributed by atoms with E-state index >= 15 is 0 Å². The van der Waals surface area contributed by atoms with Crippen molar-refractivity contribution in [3.8, 4) is 0 Å². The number of likely N-dealkylation sites (tertiary alicyclic amines) is 1. The molecule has 1 aliphatic heterocycles. The maximum Gasteiger partial charge on any atom is 0.279 e. The summed E-state index contributed by atoms with van der Waals surface area (Å²) in [5.74, 6) is 0.780. The summed E-state index contributed by atoms with van der Waals surface area (Å²) in [5, 5.41) is 3.92. The van der Waals surface area contributed by atoms with Crippen molar-refractivity contribution in [2.75, 3.05) is 25.0 Å². The zero-order valence-corrected chi connectivity index (χ0v) is 12.5. The van der Waals surface area contributed by atoms with E-state index in [2.05, 4.69) is 12.2 Å². The van der Waals surface area contributed by atoms with Crippen LogP contribution in [-0.2, 0) is 4.79 Å². The molecule has 0 bridgehead atoms. The molecule has 2 N–H and O–H groups in total. The number of benzene rings is 1. The Kier molecular flexibility index (Phi) is 5.08. The summed E-state index contributed by atoms with van der Waals surface area (Å²) in [6.45, 7) is 4.90. The van der Waals surface area contributed by atoms with Gasteiger partial charge in [-0.05, 0) is 37.0 Å². The fourth-order valence-corrected chi connectivity index (χ4v) is 2.70.